The second-order valence-electron chi connectivity index (χ2n) is 8.68. The lowest BCUT2D eigenvalue weighted by Crippen LogP contribution is -2.70. The Bertz CT molecular complexity index is 1500. The number of β-lactam (4-membered cyclic amide) rings is 1. The monoisotopic (exact) mass is 669 g/mol. The van der Waals surface area contributed by atoms with E-state index in [0.717, 1.165) is 27.8 Å². The van der Waals surface area contributed by atoms with Crippen molar-refractivity contribution in [3.63, 3.8) is 0 Å². The average molecular weight is 670 g/mol. The number of fused-ring (bicyclic) bond motifs is 1. The standard InChI is InChI=1S/C19H21N7O7S3.C2HF3O2/c20-6-10-3-1-9(2-4-10)5-13(27)21-14-16(28)26-15(18(29)30)11(7-34-17(14)26)12(8-36(31,32)33)35-19-22-24-25-23-19;3-2(4,5)1(6)7/h1-4,12,14,17H,5-8,20H2,(H,21,27)(H,29,30)(H,31,32,33)(H,22,23,24,25);(H,6,7)/t12?,14?,17-;/m0./s1. The summed E-state index contributed by atoms with van der Waals surface area (Å²) in [4.78, 5) is 47.6. The molecule has 2 aliphatic heterocycles. The SMILES string of the molecule is NCc1ccc(CC(=O)NC2C(=O)N3C(C(=O)O)=C(C(CS(=O)(=O)O)Sc4nn[nH]n4)CS[C@@H]23)cc1.O=C(O)C(F)(F)F. The molecule has 0 radical (unpaired) electrons. The molecule has 2 aromatic rings. The molecule has 2 unspecified atom stereocenters. The van der Waals surface area contributed by atoms with Crippen molar-refractivity contribution in [1.82, 2.24) is 30.8 Å². The summed E-state index contributed by atoms with van der Waals surface area (Å²) in [5, 5.41) is 31.0. The number of thioether (sulfide) groups is 2. The Hall–Kier alpha value is -3.73. The van der Waals surface area contributed by atoms with Gasteiger partial charge in [0.2, 0.25) is 11.1 Å². The first kappa shape index (κ1) is 33.8. The summed E-state index contributed by atoms with van der Waals surface area (Å²) in [5.41, 5.74) is 6.92. The fourth-order valence-electron chi connectivity index (χ4n) is 3.82. The molecule has 3 atom stereocenters. The number of hydrogen-bond acceptors (Lipinski definition) is 12. The molecule has 234 valence electrons. The van der Waals surface area contributed by atoms with Crippen molar-refractivity contribution >= 4 is 57.4 Å². The van der Waals surface area contributed by atoms with E-state index in [9.17, 15) is 45.6 Å². The Morgan fingerprint density at radius 1 is 1.21 bits per heavy atom. The first-order chi connectivity index (χ1) is 20.0. The molecule has 0 bridgehead atoms. The van der Waals surface area contributed by atoms with E-state index < -0.39 is 68.2 Å². The van der Waals surface area contributed by atoms with Gasteiger partial charge in [-0.05, 0) is 21.9 Å². The fourth-order valence-corrected chi connectivity index (χ4v) is 7.49. The third kappa shape index (κ3) is 8.89. The van der Waals surface area contributed by atoms with Crippen LogP contribution in [0.2, 0.25) is 0 Å². The van der Waals surface area contributed by atoms with Crippen LogP contribution in [0.15, 0.2) is 40.7 Å². The van der Waals surface area contributed by atoms with Crippen LogP contribution in [0.5, 0.6) is 0 Å². The van der Waals surface area contributed by atoms with Crippen molar-refractivity contribution in [3.05, 3.63) is 46.7 Å². The molecule has 16 nitrogen and oxygen atoms in total. The maximum atomic E-state index is 12.9. The van der Waals surface area contributed by atoms with Crippen LogP contribution in [0.4, 0.5) is 13.2 Å². The molecule has 1 fully saturated rings. The minimum atomic E-state index is -5.08. The van der Waals surface area contributed by atoms with Gasteiger partial charge in [0, 0.05) is 12.3 Å². The minimum absolute atomic E-state index is 0.0245. The van der Waals surface area contributed by atoms with Crippen molar-refractivity contribution in [2.45, 2.75) is 41.0 Å². The van der Waals surface area contributed by atoms with Crippen LogP contribution in [0.3, 0.4) is 0 Å². The van der Waals surface area contributed by atoms with Crippen LogP contribution in [-0.2, 0) is 42.3 Å². The third-order valence-corrected chi connectivity index (χ3v) is 9.09. The molecular weight excluding hydrogens is 647 g/mol. The lowest BCUT2D eigenvalue weighted by Gasteiger charge is -2.50. The number of nitrogens with one attached hydrogen (secondary N) is 2. The van der Waals surface area contributed by atoms with E-state index in [4.69, 9.17) is 15.6 Å². The zero-order chi connectivity index (χ0) is 32.1. The van der Waals surface area contributed by atoms with E-state index in [1.54, 1.807) is 24.3 Å². The summed E-state index contributed by atoms with van der Waals surface area (Å²) in [5.74, 6) is -6.03. The molecule has 3 heterocycles. The Labute approximate surface area is 248 Å². The number of benzene rings is 1. The Kier molecular flexibility index (Phi) is 10.8. The molecule has 0 spiro atoms. The van der Waals surface area contributed by atoms with Crippen LogP contribution < -0.4 is 11.1 Å². The van der Waals surface area contributed by atoms with Gasteiger partial charge in [0.05, 0.1) is 17.4 Å². The maximum absolute atomic E-state index is 12.9. The fraction of sp³-hybridized carbons (Fsp3) is 0.381. The van der Waals surface area contributed by atoms with Crippen molar-refractivity contribution in [2.24, 2.45) is 5.73 Å². The number of nitrogens with zero attached hydrogens (tertiary/aromatic N) is 4. The lowest BCUT2D eigenvalue weighted by molar-refractivity contribution is -0.192. The molecule has 0 aliphatic carbocycles. The summed E-state index contributed by atoms with van der Waals surface area (Å²) in [7, 11) is -4.52. The van der Waals surface area contributed by atoms with E-state index >= 15 is 0 Å². The minimum Gasteiger partial charge on any atom is -0.477 e. The molecule has 2 amide bonds. The lowest BCUT2D eigenvalue weighted by atomic mass is 10.0. The highest BCUT2D eigenvalue weighted by atomic mass is 32.2. The van der Waals surface area contributed by atoms with E-state index in [1.807, 2.05) is 0 Å². The van der Waals surface area contributed by atoms with Gasteiger partial charge in [0.15, 0.2) is 0 Å². The number of carbonyl (C=O) groups excluding carboxylic acids is 2. The molecular formula is C21H22F3N7O9S3. The number of aromatic nitrogens is 4. The van der Waals surface area contributed by atoms with E-state index in [2.05, 4.69) is 25.9 Å². The Balaban J connectivity index is 0.000000646. The van der Waals surface area contributed by atoms with Crippen molar-refractivity contribution in [1.29, 1.82) is 0 Å². The normalized spacial score (nSPS) is 19.0. The van der Waals surface area contributed by atoms with Crippen molar-refractivity contribution < 1.29 is 55.5 Å². The number of hydrogen-bond donors (Lipinski definition) is 6. The topological polar surface area (TPSA) is 259 Å². The van der Waals surface area contributed by atoms with Crippen LogP contribution in [0.1, 0.15) is 11.1 Å². The number of rotatable bonds is 10. The number of aromatic amines is 1. The summed E-state index contributed by atoms with van der Waals surface area (Å²) in [6.45, 7) is 0.373. The second kappa shape index (κ2) is 13.7. The Morgan fingerprint density at radius 3 is 2.30 bits per heavy atom. The highest BCUT2D eigenvalue weighted by Gasteiger charge is 2.55. The maximum Gasteiger partial charge on any atom is 0.490 e. The molecule has 43 heavy (non-hydrogen) atoms. The largest absolute Gasteiger partial charge is 0.490 e. The highest BCUT2D eigenvalue weighted by molar-refractivity contribution is 8.01. The van der Waals surface area contributed by atoms with Gasteiger partial charge < -0.3 is 21.3 Å². The zero-order valence-electron chi connectivity index (χ0n) is 21.4. The van der Waals surface area contributed by atoms with Crippen LogP contribution in [0.25, 0.3) is 0 Å². The van der Waals surface area contributed by atoms with Gasteiger partial charge in [-0.2, -0.15) is 26.8 Å². The van der Waals surface area contributed by atoms with Crippen LogP contribution in [0, 0.1) is 0 Å². The molecule has 7 N–H and O–H groups in total. The summed E-state index contributed by atoms with van der Waals surface area (Å²) < 4.78 is 64.4. The van der Waals surface area contributed by atoms with Crippen molar-refractivity contribution in [3.8, 4) is 0 Å². The number of carbonyl (C=O) groups is 4. The first-order valence-corrected chi connectivity index (χ1v) is 15.2. The number of amides is 2. The average Bonchev–Trinajstić information content (AvgIpc) is 3.43. The molecule has 2 aliphatic rings. The Morgan fingerprint density at radius 2 is 1.81 bits per heavy atom. The van der Waals surface area contributed by atoms with E-state index in [-0.39, 0.29) is 22.9 Å². The number of carboxylic acid groups (broad SMARTS) is 2. The number of carboxylic acids is 2. The van der Waals surface area contributed by atoms with Gasteiger partial charge in [-0.1, -0.05) is 36.0 Å². The number of halogens is 3. The summed E-state index contributed by atoms with van der Waals surface area (Å²) in [6.07, 6.45) is -5.06. The van der Waals surface area contributed by atoms with Gasteiger partial charge in [-0.3, -0.25) is 19.0 Å². The van der Waals surface area contributed by atoms with Gasteiger partial charge in [0.1, 0.15) is 17.1 Å². The van der Waals surface area contributed by atoms with Gasteiger partial charge in [-0.15, -0.1) is 22.0 Å². The summed E-state index contributed by atoms with van der Waals surface area (Å²) >= 11 is 1.96. The molecule has 1 saturated heterocycles. The quantitative estimate of drug-likeness (QED) is 0.107. The first-order valence-electron chi connectivity index (χ1n) is 11.7. The highest BCUT2D eigenvalue weighted by Crippen LogP contribution is 2.43. The van der Waals surface area contributed by atoms with Crippen molar-refractivity contribution in [2.75, 3.05) is 11.5 Å². The van der Waals surface area contributed by atoms with E-state index in [0.29, 0.717) is 6.54 Å². The number of H-pyrrole nitrogens is 1. The molecule has 22 heteroatoms. The number of tetrazole rings is 1. The van der Waals surface area contributed by atoms with Gasteiger partial charge in [-0.25, -0.2) is 9.59 Å². The second-order valence-corrected chi connectivity index (χ2v) is 12.5. The van der Waals surface area contributed by atoms with Gasteiger partial charge in [0.25, 0.3) is 16.0 Å². The molecule has 4 rings (SSSR count). The predicted molar refractivity (Wildman–Crippen MR) is 142 cm³/mol. The molecule has 1 aromatic carbocycles. The van der Waals surface area contributed by atoms with Crippen LogP contribution >= 0.6 is 23.5 Å². The van der Waals surface area contributed by atoms with E-state index in [1.165, 1.54) is 11.8 Å². The predicted octanol–water partition coefficient (Wildman–Crippen LogP) is -0.378. The smallest absolute Gasteiger partial charge is 0.477 e. The third-order valence-electron chi connectivity index (χ3n) is 5.71. The number of aliphatic carboxylic acids is 2. The van der Waals surface area contributed by atoms with Crippen LogP contribution in [-0.4, -0.2) is 107 Å². The zero-order valence-corrected chi connectivity index (χ0v) is 23.8. The van der Waals surface area contributed by atoms with Gasteiger partial charge >= 0.3 is 18.1 Å². The number of nitrogens with two attached hydrogens (primary N) is 1. The number of alkyl halides is 3. The molecule has 0 saturated carbocycles. The molecule has 1 aromatic heterocycles. The summed E-state index contributed by atoms with van der Waals surface area (Å²) in [6, 6.07) is 6.20.